The summed E-state index contributed by atoms with van der Waals surface area (Å²) >= 11 is 0. The van der Waals surface area contributed by atoms with Gasteiger partial charge in [0.25, 0.3) is 5.91 Å². The molecule has 0 bridgehead atoms. The molecule has 1 heterocycles. The highest BCUT2D eigenvalue weighted by atomic mass is 16.3. The molecule has 34 heavy (non-hydrogen) atoms. The van der Waals surface area contributed by atoms with Crippen LogP contribution in [0.3, 0.4) is 0 Å². The molecule has 1 aliphatic carbocycles. The predicted octanol–water partition coefficient (Wildman–Crippen LogP) is 6.19. The smallest absolute Gasteiger partial charge is 0.251 e. The van der Waals surface area contributed by atoms with Crippen LogP contribution >= 0.6 is 0 Å². The Labute approximate surface area is 205 Å². The monoisotopic (exact) mass is 462 g/mol. The second-order valence-electron chi connectivity index (χ2n) is 11.1. The largest absolute Gasteiger partial charge is 0.396 e. The van der Waals surface area contributed by atoms with Crippen molar-refractivity contribution >= 4 is 5.91 Å². The van der Waals surface area contributed by atoms with Gasteiger partial charge >= 0.3 is 0 Å². The molecule has 0 spiro atoms. The maximum atomic E-state index is 13.2. The Bertz CT molecular complexity index is 960. The summed E-state index contributed by atoms with van der Waals surface area (Å²) in [5.74, 6) is 2.15. The molecule has 0 aromatic heterocycles. The number of aliphatic hydroxyl groups is 1. The fourth-order valence-corrected chi connectivity index (χ4v) is 5.98. The minimum absolute atomic E-state index is 0.0357. The first-order valence-corrected chi connectivity index (χ1v) is 13.2. The fraction of sp³-hybridized carbons (Fsp3) is 0.567. The van der Waals surface area contributed by atoms with Gasteiger partial charge in [0, 0.05) is 31.3 Å². The number of amides is 1. The van der Waals surface area contributed by atoms with Gasteiger partial charge in [-0.3, -0.25) is 9.69 Å². The second-order valence-corrected chi connectivity index (χ2v) is 11.1. The standard InChI is InChI=1S/C30H42N2O2/c1-20(2)29-27-14-13-25(17-26(27)19-32(29)18-23-9-5-21(3)6-10-23)30(34)31-28(15-16-33)24-11-7-22(4)8-12-24/h7-8,11-14,17,20-21,23,28-29,33H,5-6,9-10,15-16,18-19H2,1-4H3,(H,31,34)/t21-,23-,28-,29+/m0/s1. The lowest BCUT2D eigenvalue weighted by Gasteiger charge is -2.34. The fourth-order valence-electron chi connectivity index (χ4n) is 5.98. The summed E-state index contributed by atoms with van der Waals surface area (Å²) in [5.41, 5.74) is 5.61. The van der Waals surface area contributed by atoms with Crippen LogP contribution in [0.25, 0.3) is 0 Å². The molecule has 2 aliphatic rings. The SMILES string of the molecule is Cc1ccc([C@H](CCO)NC(=O)c2ccc3c(c2)CN(C[C@H]2CC[C@H](C)CC2)[C@@H]3C(C)C)cc1. The second kappa shape index (κ2) is 11.0. The number of nitrogens with zero attached hydrogens (tertiary/aromatic N) is 1. The van der Waals surface area contributed by atoms with Crippen LogP contribution in [0.5, 0.6) is 0 Å². The minimum atomic E-state index is -0.194. The van der Waals surface area contributed by atoms with E-state index in [4.69, 9.17) is 0 Å². The molecule has 2 N–H and O–H groups in total. The van der Waals surface area contributed by atoms with Crippen LogP contribution in [0.15, 0.2) is 42.5 Å². The lowest BCUT2D eigenvalue weighted by atomic mass is 9.82. The topological polar surface area (TPSA) is 52.6 Å². The van der Waals surface area contributed by atoms with Crippen LogP contribution in [0.2, 0.25) is 0 Å². The lowest BCUT2D eigenvalue weighted by Crippen LogP contribution is -2.32. The van der Waals surface area contributed by atoms with E-state index in [0.717, 1.165) is 30.5 Å². The Balaban J connectivity index is 1.48. The van der Waals surface area contributed by atoms with Crippen LogP contribution < -0.4 is 5.32 Å². The maximum absolute atomic E-state index is 13.2. The van der Waals surface area contributed by atoms with E-state index in [-0.39, 0.29) is 18.6 Å². The summed E-state index contributed by atoms with van der Waals surface area (Å²) in [5, 5.41) is 12.7. The molecule has 184 valence electrons. The molecular weight excluding hydrogens is 420 g/mol. The highest BCUT2D eigenvalue weighted by Crippen LogP contribution is 2.41. The van der Waals surface area contributed by atoms with Crippen molar-refractivity contribution in [2.45, 2.75) is 78.4 Å². The van der Waals surface area contributed by atoms with Gasteiger partial charge in [-0.2, -0.15) is 0 Å². The number of carbonyl (C=O) groups is 1. The first-order chi connectivity index (χ1) is 16.4. The van der Waals surface area contributed by atoms with E-state index < -0.39 is 0 Å². The first kappa shape index (κ1) is 24.9. The van der Waals surface area contributed by atoms with Crippen molar-refractivity contribution in [1.82, 2.24) is 10.2 Å². The van der Waals surface area contributed by atoms with Crippen molar-refractivity contribution in [2.75, 3.05) is 13.2 Å². The first-order valence-electron chi connectivity index (χ1n) is 13.2. The number of hydrogen-bond acceptors (Lipinski definition) is 3. The van der Waals surface area contributed by atoms with Gasteiger partial charge in [0.05, 0.1) is 6.04 Å². The Kier molecular flexibility index (Phi) is 8.10. The van der Waals surface area contributed by atoms with Gasteiger partial charge in [0.2, 0.25) is 0 Å². The van der Waals surface area contributed by atoms with Gasteiger partial charge < -0.3 is 10.4 Å². The average molecular weight is 463 g/mol. The summed E-state index contributed by atoms with van der Waals surface area (Å²) in [6.45, 7) is 11.2. The van der Waals surface area contributed by atoms with Crippen molar-refractivity contribution in [2.24, 2.45) is 17.8 Å². The molecule has 1 amide bonds. The van der Waals surface area contributed by atoms with Crippen molar-refractivity contribution in [3.05, 3.63) is 70.3 Å². The predicted molar refractivity (Wildman–Crippen MR) is 139 cm³/mol. The van der Waals surface area contributed by atoms with Gasteiger partial charge in [-0.25, -0.2) is 0 Å². The van der Waals surface area contributed by atoms with Gasteiger partial charge in [-0.05, 0) is 72.8 Å². The molecule has 2 aromatic rings. The number of hydrogen-bond donors (Lipinski definition) is 2. The van der Waals surface area contributed by atoms with Crippen LogP contribution in [-0.4, -0.2) is 29.1 Å². The molecule has 4 rings (SSSR count). The summed E-state index contributed by atoms with van der Waals surface area (Å²) in [6, 6.07) is 14.7. The highest BCUT2D eigenvalue weighted by molar-refractivity contribution is 5.94. The number of benzene rings is 2. The minimum Gasteiger partial charge on any atom is -0.396 e. The molecule has 0 radical (unpaired) electrons. The molecule has 0 saturated heterocycles. The third-order valence-corrected chi connectivity index (χ3v) is 7.95. The van der Waals surface area contributed by atoms with E-state index in [1.165, 1.54) is 42.4 Å². The van der Waals surface area contributed by atoms with E-state index >= 15 is 0 Å². The molecular formula is C30H42N2O2. The molecule has 1 fully saturated rings. The van der Waals surface area contributed by atoms with Gasteiger partial charge in [0.15, 0.2) is 0 Å². The van der Waals surface area contributed by atoms with E-state index in [0.29, 0.717) is 23.9 Å². The van der Waals surface area contributed by atoms with Crippen molar-refractivity contribution < 1.29 is 9.90 Å². The maximum Gasteiger partial charge on any atom is 0.251 e. The number of carbonyl (C=O) groups excluding carboxylic acids is 1. The summed E-state index contributed by atoms with van der Waals surface area (Å²) in [7, 11) is 0. The van der Waals surface area contributed by atoms with E-state index in [2.05, 4.69) is 62.2 Å². The zero-order chi connectivity index (χ0) is 24.2. The van der Waals surface area contributed by atoms with Crippen LogP contribution in [0.4, 0.5) is 0 Å². The molecule has 1 saturated carbocycles. The van der Waals surface area contributed by atoms with Crippen molar-refractivity contribution in [1.29, 1.82) is 0 Å². The molecule has 4 nitrogen and oxygen atoms in total. The molecule has 4 heteroatoms. The summed E-state index contributed by atoms with van der Waals surface area (Å²) < 4.78 is 0. The van der Waals surface area contributed by atoms with Crippen LogP contribution in [0, 0.1) is 24.7 Å². The quantitative estimate of drug-likeness (QED) is 0.492. The number of fused-ring (bicyclic) bond motifs is 1. The van der Waals surface area contributed by atoms with Gasteiger partial charge in [-0.15, -0.1) is 0 Å². The third kappa shape index (κ3) is 5.72. The van der Waals surface area contributed by atoms with Gasteiger partial charge in [-0.1, -0.05) is 69.5 Å². The molecule has 0 unspecified atom stereocenters. The Morgan fingerprint density at radius 1 is 1.09 bits per heavy atom. The van der Waals surface area contributed by atoms with Crippen molar-refractivity contribution in [3.8, 4) is 0 Å². The van der Waals surface area contributed by atoms with E-state index in [1.54, 1.807) is 0 Å². The lowest BCUT2D eigenvalue weighted by molar-refractivity contribution is 0.0930. The zero-order valence-corrected chi connectivity index (χ0v) is 21.4. The summed E-state index contributed by atoms with van der Waals surface area (Å²) in [6.07, 6.45) is 5.91. The molecule has 2 atom stereocenters. The normalized spacial score (nSPS) is 23.6. The number of rotatable bonds is 8. The zero-order valence-electron chi connectivity index (χ0n) is 21.4. The summed E-state index contributed by atoms with van der Waals surface area (Å²) in [4.78, 5) is 15.9. The number of aryl methyl sites for hydroxylation is 1. The Morgan fingerprint density at radius 3 is 2.44 bits per heavy atom. The Hall–Kier alpha value is -2.17. The average Bonchev–Trinajstić information content (AvgIpc) is 3.18. The van der Waals surface area contributed by atoms with E-state index in [1.807, 2.05) is 18.2 Å². The van der Waals surface area contributed by atoms with Crippen LogP contribution in [0.1, 0.15) is 97.6 Å². The Morgan fingerprint density at radius 2 is 1.79 bits per heavy atom. The van der Waals surface area contributed by atoms with Gasteiger partial charge in [0.1, 0.15) is 0 Å². The molecule has 2 aromatic carbocycles. The highest BCUT2D eigenvalue weighted by Gasteiger charge is 2.34. The number of nitrogens with one attached hydrogen (secondary N) is 1. The van der Waals surface area contributed by atoms with Crippen molar-refractivity contribution in [3.63, 3.8) is 0 Å². The molecule has 1 aliphatic heterocycles. The van der Waals surface area contributed by atoms with Crippen LogP contribution in [-0.2, 0) is 6.54 Å². The number of aliphatic hydroxyl groups excluding tert-OH is 1. The third-order valence-electron chi connectivity index (χ3n) is 7.95. The van der Waals surface area contributed by atoms with E-state index in [9.17, 15) is 9.90 Å².